The summed E-state index contributed by atoms with van der Waals surface area (Å²) < 4.78 is 0. The van der Waals surface area contributed by atoms with Crippen molar-refractivity contribution in [3.63, 3.8) is 0 Å². The lowest BCUT2D eigenvalue weighted by molar-refractivity contribution is -0.142. The van der Waals surface area contributed by atoms with Crippen molar-refractivity contribution >= 4 is 5.97 Å². The highest BCUT2D eigenvalue weighted by Crippen LogP contribution is 2.33. The first-order valence-electron chi connectivity index (χ1n) is 8.19. The standard InChI is InChI=1S/C16H29NO2/c1-2-3-7-15(12-5-4-6-12)17-14-10-8-13(9-11-14)16(18)19/h12-15,17H,2-11H2,1H3,(H,18,19). The van der Waals surface area contributed by atoms with E-state index in [2.05, 4.69) is 12.2 Å². The van der Waals surface area contributed by atoms with E-state index in [1.54, 1.807) is 0 Å². The van der Waals surface area contributed by atoms with Gasteiger partial charge < -0.3 is 10.4 Å². The quantitative estimate of drug-likeness (QED) is 0.741. The molecule has 0 aromatic heterocycles. The van der Waals surface area contributed by atoms with E-state index in [9.17, 15) is 4.79 Å². The fourth-order valence-electron chi connectivity index (χ4n) is 3.53. The van der Waals surface area contributed by atoms with Gasteiger partial charge in [0.05, 0.1) is 5.92 Å². The van der Waals surface area contributed by atoms with E-state index in [-0.39, 0.29) is 5.92 Å². The maximum absolute atomic E-state index is 11.0. The third-order valence-corrected chi connectivity index (χ3v) is 5.11. The Morgan fingerprint density at radius 2 is 1.89 bits per heavy atom. The van der Waals surface area contributed by atoms with Crippen LogP contribution in [0.15, 0.2) is 0 Å². The minimum atomic E-state index is -0.597. The highest BCUT2D eigenvalue weighted by molar-refractivity contribution is 5.70. The molecule has 3 heteroatoms. The van der Waals surface area contributed by atoms with Crippen molar-refractivity contribution in [2.75, 3.05) is 0 Å². The van der Waals surface area contributed by atoms with Crippen LogP contribution < -0.4 is 5.32 Å². The van der Waals surface area contributed by atoms with Gasteiger partial charge >= 0.3 is 5.97 Å². The zero-order valence-corrected chi connectivity index (χ0v) is 12.2. The average Bonchev–Trinajstić information content (AvgIpc) is 2.34. The molecule has 2 N–H and O–H groups in total. The molecule has 2 fully saturated rings. The van der Waals surface area contributed by atoms with Crippen LogP contribution in [0.2, 0.25) is 0 Å². The summed E-state index contributed by atoms with van der Waals surface area (Å²) >= 11 is 0. The smallest absolute Gasteiger partial charge is 0.306 e. The molecule has 19 heavy (non-hydrogen) atoms. The molecular weight excluding hydrogens is 238 g/mol. The number of carbonyl (C=O) groups is 1. The fourth-order valence-corrected chi connectivity index (χ4v) is 3.53. The van der Waals surface area contributed by atoms with Crippen molar-refractivity contribution in [1.82, 2.24) is 5.32 Å². The third kappa shape index (κ3) is 4.20. The largest absolute Gasteiger partial charge is 0.481 e. The van der Waals surface area contributed by atoms with Crippen molar-refractivity contribution in [2.45, 2.75) is 83.2 Å². The van der Waals surface area contributed by atoms with E-state index < -0.39 is 5.97 Å². The molecule has 2 rings (SSSR count). The van der Waals surface area contributed by atoms with E-state index in [4.69, 9.17) is 5.11 Å². The molecule has 2 saturated carbocycles. The zero-order chi connectivity index (χ0) is 13.7. The highest BCUT2D eigenvalue weighted by Gasteiger charge is 2.31. The SMILES string of the molecule is CCCCC(NC1CCC(C(=O)O)CC1)C1CCC1. The minimum Gasteiger partial charge on any atom is -0.481 e. The van der Waals surface area contributed by atoms with Gasteiger partial charge in [0.25, 0.3) is 0 Å². The van der Waals surface area contributed by atoms with Gasteiger partial charge in [-0.2, -0.15) is 0 Å². The van der Waals surface area contributed by atoms with Crippen LogP contribution >= 0.6 is 0 Å². The second kappa shape index (κ2) is 7.28. The minimum absolute atomic E-state index is 0.0872. The molecule has 0 aromatic rings. The van der Waals surface area contributed by atoms with Crippen molar-refractivity contribution in [1.29, 1.82) is 0 Å². The molecule has 0 amide bonds. The van der Waals surface area contributed by atoms with Crippen LogP contribution in [0.3, 0.4) is 0 Å². The Bertz CT molecular complexity index is 280. The van der Waals surface area contributed by atoms with E-state index in [1.165, 1.54) is 38.5 Å². The van der Waals surface area contributed by atoms with Gasteiger partial charge in [0.2, 0.25) is 0 Å². The maximum atomic E-state index is 11.0. The maximum Gasteiger partial charge on any atom is 0.306 e. The molecule has 1 unspecified atom stereocenters. The normalized spacial score (nSPS) is 29.7. The first kappa shape index (κ1) is 14.8. The van der Waals surface area contributed by atoms with Crippen LogP contribution in [0.25, 0.3) is 0 Å². The van der Waals surface area contributed by atoms with Crippen LogP contribution in [0.4, 0.5) is 0 Å². The van der Waals surface area contributed by atoms with Crippen LogP contribution in [0.1, 0.15) is 71.1 Å². The number of unbranched alkanes of at least 4 members (excludes halogenated alkanes) is 1. The van der Waals surface area contributed by atoms with Crippen molar-refractivity contribution in [3.8, 4) is 0 Å². The number of aliphatic carboxylic acids is 1. The summed E-state index contributed by atoms with van der Waals surface area (Å²) in [6.07, 6.45) is 11.9. The molecule has 110 valence electrons. The summed E-state index contributed by atoms with van der Waals surface area (Å²) in [6, 6.07) is 1.26. The fraction of sp³-hybridized carbons (Fsp3) is 0.938. The van der Waals surface area contributed by atoms with E-state index in [1.807, 2.05) is 0 Å². The topological polar surface area (TPSA) is 49.3 Å². The lowest BCUT2D eigenvalue weighted by Gasteiger charge is -2.38. The number of carboxylic acid groups (broad SMARTS) is 1. The molecule has 0 spiro atoms. The van der Waals surface area contributed by atoms with Gasteiger partial charge in [-0.15, -0.1) is 0 Å². The monoisotopic (exact) mass is 267 g/mol. The predicted molar refractivity (Wildman–Crippen MR) is 77.2 cm³/mol. The van der Waals surface area contributed by atoms with Gasteiger partial charge in [-0.05, 0) is 50.9 Å². The highest BCUT2D eigenvalue weighted by atomic mass is 16.4. The number of hydrogen-bond donors (Lipinski definition) is 2. The Balaban J connectivity index is 1.76. The average molecular weight is 267 g/mol. The van der Waals surface area contributed by atoms with E-state index >= 15 is 0 Å². The molecule has 0 aliphatic heterocycles. The van der Waals surface area contributed by atoms with Crippen LogP contribution in [0.5, 0.6) is 0 Å². The van der Waals surface area contributed by atoms with Crippen molar-refractivity contribution < 1.29 is 9.90 Å². The predicted octanol–water partition coefficient (Wildman–Crippen LogP) is 3.58. The van der Waals surface area contributed by atoms with Crippen molar-refractivity contribution in [2.24, 2.45) is 11.8 Å². The Morgan fingerprint density at radius 3 is 2.37 bits per heavy atom. The van der Waals surface area contributed by atoms with Crippen LogP contribution in [-0.4, -0.2) is 23.2 Å². The molecular formula is C16H29NO2. The first-order valence-corrected chi connectivity index (χ1v) is 8.19. The van der Waals surface area contributed by atoms with E-state index in [0.29, 0.717) is 12.1 Å². The van der Waals surface area contributed by atoms with Crippen molar-refractivity contribution in [3.05, 3.63) is 0 Å². The molecule has 0 heterocycles. The van der Waals surface area contributed by atoms with Gasteiger partial charge in [-0.3, -0.25) is 4.79 Å². The van der Waals surface area contributed by atoms with Gasteiger partial charge in [0.1, 0.15) is 0 Å². The number of hydrogen-bond acceptors (Lipinski definition) is 2. The molecule has 0 aromatic carbocycles. The lowest BCUT2D eigenvalue weighted by atomic mass is 9.77. The summed E-state index contributed by atoms with van der Waals surface area (Å²) in [7, 11) is 0. The molecule has 0 saturated heterocycles. The molecule has 0 radical (unpaired) electrons. The number of rotatable bonds is 7. The Morgan fingerprint density at radius 1 is 1.21 bits per heavy atom. The Kier molecular flexibility index (Phi) is 5.68. The lowest BCUT2D eigenvalue weighted by Crippen LogP contribution is -2.46. The molecule has 2 aliphatic carbocycles. The molecule has 2 aliphatic rings. The van der Waals surface area contributed by atoms with Gasteiger partial charge in [0, 0.05) is 12.1 Å². The van der Waals surface area contributed by atoms with Gasteiger partial charge in [-0.1, -0.05) is 26.2 Å². The summed E-state index contributed by atoms with van der Waals surface area (Å²) in [4.78, 5) is 11.0. The van der Waals surface area contributed by atoms with E-state index in [0.717, 1.165) is 31.6 Å². The summed E-state index contributed by atoms with van der Waals surface area (Å²) in [5.41, 5.74) is 0. The second-order valence-electron chi connectivity index (χ2n) is 6.49. The number of nitrogens with one attached hydrogen (secondary N) is 1. The van der Waals surface area contributed by atoms with Gasteiger partial charge in [-0.25, -0.2) is 0 Å². The van der Waals surface area contributed by atoms with Gasteiger partial charge in [0.15, 0.2) is 0 Å². The Labute approximate surface area is 117 Å². The molecule has 0 bridgehead atoms. The molecule has 1 atom stereocenters. The summed E-state index contributed by atoms with van der Waals surface area (Å²) in [6.45, 7) is 2.26. The summed E-state index contributed by atoms with van der Waals surface area (Å²) in [5.74, 6) is 0.208. The molecule has 3 nitrogen and oxygen atoms in total. The third-order valence-electron chi connectivity index (χ3n) is 5.11. The van der Waals surface area contributed by atoms with Crippen LogP contribution in [-0.2, 0) is 4.79 Å². The number of carboxylic acids is 1. The zero-order valence-electron chi connectivity index (χ0n) is 12.2. The van der Waals surface area contributed by atoms with Crippen LogP contribution in [0, 0.1) is 11.8 Å². The second-order valence-corrected chi connectivity index (χ2v) is 6.49. The first-order chi connectivity index (χ1) is 9.20. The Hall–Kier alpha value is -0.570. The summed E-state index contributed by atoms with van der Waals surface area (Å²) in [5, 5.41) is 12.9.